The number of methoxy groups -OCH3 is 3. The maximum atomic E-state index is 12.7. The van der Waals surface area contributed by atoms with Crippen molar-refractivity contribution < 1.29 is 19.0 Å². The Morgan fingerprint density at radius 2 is 1.75 bits per heavy atom. The van der Waals surface area contributed by atoms with Gasteiger partial charge in [0.1, 0.15) is 0 Å². The summed E-state index contributed by atoms with van der Waals surface area (Å²) in [5.74, 6) is 3.66. The van der Waals surface area contributed by atoms with Crippen molar-refractivity contribution in [3.05, 3.63) is 17.7 Å². The van der Waals surface area contributed by atoms with Gasteiger partial charge < -0.3 is 19.5 Å². The molecule has 5 nitrogen and oxygen atoms in total. The van der Waals surface area contributed by atoms with Crippen molar-refractivity contribution in [3.8, 4) is 17.2 Å². The number of benzene rings is 1. The number of carbonyl (C=O) groups is 1. The molecule has 1 amide bonds. The molecule has 2 aliphatic carbocycles. The van der Waals surface area contributed by atoms with Crippen molar-refractivity contribution in [2.75, 3.05) is 21.3 Å². The van der Waals surface area contributed by atoms with Crippen LogP contribution in [0.25, 0.3) is 0 Å². The first-order valence-corrected chi connectivity index (χ1v) is 8.68. The zero-order chi connectivity index (χ0) is 17.3. The van der Waals surface area contributed by atoms with Crippen LogP contribution in [-0.2, 0) is 0 Å². The van der Waals surface area contributed by atoms with E-state index in [2.05, 4.69) is 12.2 Å². The fraction of sp³-hybridized carbons (Fsp3) is 0.632. The molecule has 2 saturated carbocycles. The average molecular weight is 333 g/mol. The van der Waals surface area contributed by atoms with E-state index in [4.69, 9.17) is 14.2 Å². The third kappa shape index (κ3) is 3.04. The molecule has 1 N–H and O–H groups in total. The van der Waals surface area contributed by atoms with Gasteiger partial charge in [-0.3, -0.25) is 4.79 Å². The third-order valence-corrected chi connectivity index (χ3v) is 5.72. The van der Waals surface area contributed by atoms with Crippen LogP contribution in [0.1, 0.15) is 43.0 Å². The Morgan fingerprint density at radius 1 is 1.08 bits per heavy atom. The monoisotopic (exact) mass is 333 g/mol. The van der Waals surface area contributed by atoms with Crippen LogP contribution in [0.4, 0.5) is 0 Å². The zero-order valence-corrected chi connectivity index (χ0v) is 14.9. The maximum Gasteiger partial charge on any atom is 0.251 e. The van der Waals surface area contributed by atoms with Crippen LogP contribution >= 0.6 is 0 Å². The van der Waals surface area contributed by atoms with Crippen LogP contribution in [0.5, 0.6) is 17.2 Å². The predicted molar refractivity (Wildman–Crippen MR) is 92.0 cm³/mol. The number of ether oxygens (including phenoxy) is 3. The summed E-state index contributed by atoms with van der Waals surface area (Å²) in [7, 11) is 4.66. The van der Waals surface area contributed by atoms with E-state index < -0.39 is 0 Å². The van der Waals surface area contributed by atoms with E-state index in [-0.39, 0.29) is 11.9 Å². The first-order valence-electron chi connectivity index (χ1n) is 8.68. The third-order valence-electron chi connectivity index (χ3n) is 5.72. The van der Waals surface area contributed by atoms with Gasteiger partial charge >= 0.3 is 0 Å². The number of hydrogen-bond donors (Lipinski definition) is 1. The van der Waals surface area contributed by atoms with Crippen LogP contribution in [0, 0.1) is 17.8 Å². The molecule has 2 aliphatic rings. The highest BCUT2D eigenvalue weighted by molar-refractivity contribution is 5.95. The normalized spacial score (nSPS) is 26.1. The molecule has 3 rings (SSSR count). The zero-order valence-electron chi connectivity index (χ0n) is 14.9. The molecule has 2 fully saturated rings. The summed E-state index contributed by atoms with van der Waals surface area (Å²) in [4.78, 5) is 12.7. The van der Waals surface area contributed by atoms with Crippen LogP contribution in [-0.4, -0.2) is 33.3 Å². The Labute approximate surface area is 143 Å². The molecule has 0 saturated heterocycles. The Bertz CT molecular complexity index is 590. The molecule has 0 heterocycles. The van der Waals surface area contributed by atoms with Gasteiger partial charge in [0.15, 0.2) is 11.5 Å². The second kappa shape index (κ2) is 6.91. The van der Waals surface area contributed by atoms with Gasteiger partial charge in [0.05, 0.1) is 21.3 Å². The second-order valence-electron chi connectivity index (χ2n) is 7.01. The highest BCUT2D eigenvalue weighted by Gasteiger charge is 2.42. The SMILES string of the molecule is COc1cc(C(=O)N[C@H](C)[C@H]2C[C@@H]3CC[C@H]2C3)cc(OC)c1OC. The largest absolute Gasteiger partial charge is 0.493 e. The highest BCUT2D eigenvalue weighted by Crippen LogP contribution is 2.49. The molecule has 0 aliphatic heterocycles. The standard InChI is InChI=1S/C19H27NO4/c1-11(15-8-12-5-6-13(15)7-12)20-19(21)14-9-16(22-2)18(24-4)17(10-14)23-3/h9-13,15H,5-8H2,1-4H3,(H,20,21)/t11-,12-,13+,15-/m1/s1. The van der Waals surface area contributed by atoms with E-state index in [0.717, 1.165) is 11.8 Å². The summed E-state index contributed by atoms with van der Waals surface area (Å²) < 4.78 is 16.0. The molecule has 0 radical (unpaired) electrons. The molecule has 4 atom stereocenters. The van der Waals surface area contributed by atoms with Gasteiger partial charge in [-0.2, -0.15) is 0 Å². The van der Waals surface area contributed by atoms with E-state index >= 15 is 0 Å². The molecule has 132 valence electrons. The van der Waals surface area contributed by atoms with E-state index in [1.54, 1.807) is 33.5 Å². The van der Waals surface area contributed by atoms with Crippen molar-refractivity contribution in [3.63, 3.8) is 0 Å². The van der Waals surface area contributed by atoms with E-state index in [1.165, 1.54) is 25.7 Å². The predicted octanol–water partition coefficient (Wildman–Crippen LogP) is 3.27. The number of amides is 1. The maximum absolute atomic E-state index is 12.7. The molecule has 24 heavy (non-hydrogen) atoms. The Kier molecular flexibility index (Phi) is 4.88. The molecule has 0 unspecified atom stereocenters. The van der Waals surface area contributed by atoms with Gasteiger partial charge in [0.2, 0.25) is 5.75 Å². The van der Waals surface area contributed by atoms with Gasteiger partial charge in [-0.05, 0) is 56.1 Å². The van der Waals surface area contributed by atoms with Crippen molar-refractivity contribution >= 4 is 5.91 Å². The fourth-order valence-corrected chi connectivity index (χ4v) is 4.52. The summed E-state index contributed by atoms with van der Waals surface area (Å²) in [6.45, 7) is 2.13. The van der Waals surface area contributed by atoms with Gasteiger partial charge in [-0.1, -0.05) is 6.42 Å². The fourth-order valence-electron chi connectivity index (χ4n) is 4.52. The van der Waals surface area contributed by atoms with Gasteiger partial charge in [0.25, 0.3) is 5.91 Å². The molecule has 0 aromatic heterocycles. The first-order chi connectivity index (χ1) is 11.6. The topological polar surface area (TPSA) is 56.8 Å². The summed E-state index contributed by atoms with van der Waals surface area (Å²) in [5, 5.41) is 3.17. The van der Waals surface area contributed by atoms with Crippen LogP contribution in [0.2, 0.25) is 0 Å². The molecular formula is C19H27NO4. The summed E-state index contributed by atoms with van der Waals surface area (Å²) in [6, 6.07) is 3.58. The van der Waals surface area contributed by atoms with E-state index in [1.807, 2.05) is 0 Å². The molecule has 5 heteroatoms. The molecular weight excluding hydrogens is 306 g/mol. The Morgan fingerprint density at radius 3 is 2.21 bits per heavy atom. The highest BCUT2D eigenvalue weighted by atomic mass is 16.5. The Hall–Kier alpha value is -1.91. The minimum Gasteiger partial charge on any atom is -0.493 e. The minimum atomic E-state index is -0.0930. The first kappa shape index (κ1) is 16.9. The number of carbonyl (C=O) groups excluding carboxylic acids is 1. The van der Waals surface area contributed by atoms with Crippen molar-refractivity contribution in [1.82, 2.24) is 5.32 Å². The van der Waals surface area contributed by atoms with Crippen LogP contribution in [0.3, 0.4) is 0 Å². The smallest absolute Gasteiger partial charge is 0.251 e. The van der Waals surface area contributed by atoms with Crippen molar-refractivity contribution in [2.24, 2.45) is 17.8 Å². The lowest BCUT2D eigenvalue weighted by Gasteiger charge is -2.28. The summed E-state index contributed by atoms with van der Waals surface area (Å²) >= 11 is 0. The second-order valence-corrected chi connectivity index (χ2v) is 7.01. The summed E-state index contributed by atoms with van der Waals surface area (Å²) in [6.07, 6.45) is 5.28. The molecule has 1 aromatic carbocycles. The molecule has 0 spiro atoms. The van der Waals surface area contributed by atoms with E-state index in [9.17, 15) is 4.79 Å². The number of hydrogen-bond acceptors (Lipinski definition) is 4. The van der Waals surface area contributed by atoms with Crippen molar-refractivity contribution in [2.45, 2.75) is 38.6 Å². The minimum absolute atomic E-state index is 0.0930. The van der Waals surface area contributed by atoms with Gasteiger partial charge in [0, 0.05) is 11.6 Å². The van der Waals surface area contributed by atoms with Crippen LogP contribution in [0.15, 0.2) is 12.1 Å². The number of rotatable bonds is 6. The lowest BCUT2D eigenvalue weighted by atomic mass is 9.84. The van der Waals surface area contributed by atoms with Gasteiger partial charge in [-0.15, -0.1) is 0 Å². The molecule has 2 bridgehead atoms. The van der Waals surface area contributed by atoms with Crippen molar-refractivity contribution in [1.29, 1.82) is 0 Å². The van der Waals surface area contributed by atoms with E-state index in [0.29, 0.717) is 28.7 Å². The number of nitrogens with one attached hydrogen (secondary N) is 1. The summed E-state index contributed by atoms with van der Waals surface area (Å²) in [5.41, 5.74) is 0.527. The Balaban J connectivity index is 1.74. The van der Waals surface area contributed by atoms with Gasteiger partial charge in [-0.25, -0.2) is 0 Å². The molecule has 1 aromatic rings. The quantitative estimate of drug-likeness (QED) is 0.868. The lowest BCUT2D eigenvalue weighted by Crippen LogP contribution is -2.40. The lowest BCUT2D eigenvalue weighted by molar-refractivity contribution is 0.0914. The van der Waals surface area contributed by atoms with Crippen LogP contribution < -0.4 is 19.5 Å². The average Bonchev–Trinajstić information content (AvgIpc) is 3.23. The number of fused-ring (bicyclic) bond motifs is 2.